The molecule has 0 N–H and O–H groups in total. The summed E-state index contributed by atoms with van der Waals surface area (Å²) in [5, 5.41) is 0.0512. The molecule has 2 atom stereocenters. The van der Waals surface area contributed by atoms with Gasteiger partial charge in [0.2, 0.25) is 0 Å². The molecule has 0 bridgehead atoms. The monoisotopic (exact) mass is 390 g/mol. The Hall–Kier alpha value is -1.87. The smallest absolute Gasteiger partial charge is 0.356 e. The van der Waals surface area contributed by atoms with Gasteiger partial charge in [-0.1, -0.05) is 18.6 Å². The zero-order valence-electron chi connectivity index (χ0n) is 14.1. The molecule has 2 aliphatic heterocycles. The molecular formula is C18H16F6N2O. The largest absolute Gasteiger partial charge is 0.433 e. The van der Waals surface area contributed by atoms with E-state index < -0.39 is 35.2 Å². The van der Waals surface area contributed by atoms with Crippen LogP contribution < -0.4 is 0 Å². The zero-order chi connectivity index (χ0) is 19.4. The van der Waals surface area contributed by atoms with Gasteiger partial charge in [0.15, 0.2) is 0 Å². The van der Waals surface area contributed by atoms with Crippen LogP contribution in [0, 0.1) is 0 Å². The predicted molar refractivity (Wildman–Crippen MR) is 84.8 cm³/mol. The van der Waals surface area contributed by atoms with Crippen LogP contribution in [-0.2, 0) is 17.1 Å². The lowest BCUT2D eigenvalue weighted by Crippen LogP contribution is -2.36. The number of rotatable bonds is 1. The van der Waals surface area contributed by atoms with Crippen molar-refractivity contribution in [1.29, 1.82) is 0 Å². The second-order valence-electron chi connectivity index (χ2n) is 6.89. The van der Waals surface area contributed by atoms with E-state index in [0.29, 0.717) is 0 Å². The molecule has 27 heavy (non-hydrogen) atoms. The van der Waals surface area contributed by atoms with Crippen molar-refractivity contribution in [2.75, 3.05) is 13.3 Å². The molecule has 0 saturated carbocycles. The number of piperidine rings is 1. The molecule has 3 heterocycles. The third kappa shape index (κ3) is 3.27. The van der Waals surface area contributed by atoms with Crippen molar-refractivity contribution in [2.24, 2.45) is 0 Å². The number of para-hydroxylation sites is 1. The summed E-state index contributed by atoms with van der Waals surface area (Å²) in [6.45, 7) is 1.03. The van der Waals surface area contributed by atoms with Crippen molar-refractivity contribution in [3.05, 3.63) is 41.1 Å². The summed E-state index contributed by atoms with van der Waals surface area (Å²) in [6, 6.07) is 4.02. The van der Waals surface area contributed by atoms with Gasteiger partial charge in [-0.2, -0.15) is 26.3 Å². The summed E-state index contributed by atoms with van der Waals surface area (Å²) in [5.41, 5.74) is -3.08. The van der Waals surface area contributed by atoms with Crippen molar-refractivity contribution >= 4 is 10.9 Å². The maximum Gasteiger partial charge on any atom is 0.433 e. The van der Waals surface area contributed by atoms with Gasteiger partial charge in [0.05, 0.1) is 11.1 Å². The molecule has 1 aromatic carbocycles. The SMILES string of the molecule is FC(F)(F)c1cc(C2OCN3CCCC[C@H]23)c2cccc(C(F)(F)F)c2n1. The molecule has 0 aliphatic carbocycles. The molecule has 1 unspecified atom stereocenters. The van der Waals surface area contributed by atoms with E-state index in [1.54, 1.807) is 0 Å². The van der Waals surface area contributed by atoms with Crippen molar-refractivity contribution in [3.63, 3.8) is 0 Å². The Labute approximate surface area is 150 Å². The van der Waals surface area contributed by atoms with E-state index in [1.807, 2.05) is 4.90 Å². The van der Waals surface area contributed by atoms with E-state index in [2.05, 4.69) is 4.98 Å². The summed E-state index contributed by atoms with van der Waals surface area (Å²) >= 11 is 0. The Bertz CT molecular complexity index is 863. The molecule has 146 valence electrons. The minimum absolute atomic E-state index is 0.0512. The summed E-state index contributed by atoms with van der Waals surface area (Å²) in [7, 11) is 0. The fraction of sp³-hybridized carbons (Fsp3) is 0.500. The van der Waals surface area contributed by atoms with Crippen LogP contribution in [0.15, 0.2) is 24.3 Å². The number of aromatic nitrogens is 1. The van der Waals surface area contributed by atoms with Crippen molar-refractivity contribution < 1.29 is 31.1 Å². The Morgan fingerprint density at radius 1 is 1.04 bits per heavy atom. The molecule has 0 amide bonds. The van der Waals surface area contributed by atoms with Crippen LogP contribution in [0.1, 0.15) is 42.2 Å². The molecule has 9 heteroatoms. The van der Waals surface area contributed by atoms with E-state index >= 15 is 0 Å². The first-order valence-corrected chi connectivity index (χ1v) is 8.60. The van der Waals surface area contributed by atoms with E-state index in [-0.39, 0.29) is 23.7 Å². The van der Waals surface area contributed by atoms with Crippen LogP contribution in [0.2, 0.25) is 0 Å². The average molecular weight is 390 g/mol. The van der Waals surface area contributed by atoms with Gasteiger partial charge < -0.3 is 4.74 Å². The normalized spacial score (nSPS) is 24.4. The quantitative estimate of drug-likeness (QED) is 0.630. The molecule has 4 rings (SSSR count). The van der Waals surface area contributed by atoms with Gasteiger partial charge in [0.1, 0.15) is 18.5 Å². The van der Waals surface area contributed by atoms with Gasteiger partial charge in [0.25, 0.3) is 0 Å². The fourth-order valence-corrected chi connectivity index (χ4v) is 3.99. The molecule has 2 aromatic rings. The molecular weight excluding hydrogens is 374 g/mol. The van der Waals surface area contributed by atoms with Gasteiger partial charge in [-0.05, 0) is 30.5 Å². The lowest BCUT2D eigenvalue weighted by molar-refractivity contribution is -0.142. The maximum atomic E-state index is 13.4. The highest BCUT2D eigenvalue weighted by molar-refractivity contribution is 5.86. The Balaban J connectivity index is 1.94. The summed E-state index contributed by atoms with van der Waals surface area (Å²) in [4.78, 5) is 5.36. The first-order chi connectivity index (χ1) is 12.7. The van der Waals surface area contributed by atoms with E-state index in [4.69, 9.17) is 4.74 Å². The Morgan fingerprint density at radius 3 is 2.52 bits per heavy atom. The molecule has 2 saturated heterocycles. The third-order valence-corrected chi connectivity index (χ3v) is 5.21. The van der Waals surface area contributed by atoms with Gasteiger partial charge in [-0.25, -0.2) is 4.98 Å². The van der Waals surface area contributed by atoms with Crippen LogP contribution >= 0.6 is 0 Å². The number of ether oxygens (including phenoxy) is 1. The van der Waals surface area contributed by atoms with Crippen molar-refractivity contribution in [2.45, 2.75) is 43.8 Å². The van der Waals surface area contributed by atoms with Gasteiger partial charge in [0, 0.05) is 18.0 Å². The molecule has 1 aromatic heterocycles. The number of nitrogens with zero attached hydrogens (tertiary/aromatic N) is 2. The number of halogens is 6. The first-order valence-electron chi connectivity index (χ1n) is 8.60. The molecule has 2 aliphatic rings. The van der Waals surface area contributed by atoms with Crippen LogP contribution in [0.3, 0.4) is 0 Å². The highest BCUT2D eigenvalue weighted by atomic mass is 19.4. The number of hydrogen-bond acceptors (Lipinski definition) is 3. The van der Waals surface area contributed by atoms with Crippen LogP contribution in [0.4, 0.5) is 26.3 Å². The maximum absolute atomic E-state index is 13.4. The number of hydrogen-bond donors (Lipinski definition) is 0. The number of benzene rings is 1. The lowest BCUT2D eigenvalue weighted by atomic mass is 9.91. The van der Waals surface area contributed by atoms with Crippen LogP contribution in [0.25, 0.3) is 10.9 Å². The summed E-state index contributed by atoms with van der Waals surface area (Å²) in [5.74, 6) is 0. The number of pyridine rings is 1. The van der Waals surface area contributed by atoms with Gasteiger partial charge in [-0.3, -0.25) is 4.90 Å². The second-order valence-corrected chi connectivity index (χ2v) is 6.89. The molecule has 3 nitrogen and oxygen atoms in total. The Kier molecular flexibility index (Phi) is 4.34. The average Bonchev–Trinajstić information content (AvgIpc) is 3.02. The minimum atomic E-state index is -4.85. The zero-order valence-corrected chi connectivity index (χ0v) is 14.1. The second kappa shape index (κ2) is 6.34. The van der Waals surface area contributed by atoms with Crippen molar-refractivity contribution in [1.82, 2.24) is 9.88 Å². The highest BCUT2D eigenvalue weighted by Crippen LogP contribution is 2.43. The summed E-state index contributed by atoms with van der Waals surface area (Å²) < 4.78 is 85.9. The standard InChI is InChI=1S/C18H16F6N2O/c19-17(20,21)12-5-3-4-10-11(8-14(18(22,23)24)25-15(10)12)16-13-6-1-2-7-26(13)9-27-16/h3-5,8,13,16H,1-2,6-7,9H2/t13-,16?/m1/s1. The number of alkyl halides is 6. The number of fused-ring (bicyclic) bond motifs is 2. The Morgan fingerprint density at radius 2 is 1.81 bits per heavy atom. The first kappa shape index (κ1) is 18.5. The topological polar surface area (TPSA) is 25.4 Å². The summed E-state index contributed by atoms with van der Waals surface area (Å²) in [6.07, 6.45) is -7.76. The third-order valence-electron chi connectivity index (χ3n) is 5.21. The van der Waals surface area contributed by atoms with Gasteiger partial charge in [-0.15, -0.1) is 0 Å². The minimum Gasteiger partial charge on any atom is -0.356 e. The van der Waals surface area contributed by atoms with E-state index in [9.17, 15) is 26.3 Å². The van der Waals surface area contributed by atoms with Gasteiger partial charge >= 0.3 is 12.4 Å². The molecule has 2 fully saturated rings. The highest BCUT2D eigenvalue weighted by Gasteiger charge is 2.42. The predicted octanol–water partition coefficient (Wildman–Crippen LogP) is 5.16. The van der Waals surface area contributed by atoms with Crippen molar-refractivity contribution in [3.8, 4) is 0 Å². The van der Waals surface area contributed by atoms with E-state index in [0.717, 1.165) is 37.9 Å². The lowest BCUT2D eigenvalue weighted by Gasteiger charge is -2.30. The molecule has 0 radical (unpaired) electrons. The fourth-order valence-electron chi connectivity index (χ4n) is 3.99. The van der Waals surface area contributed by atoms with E-state index in [1.165, 1.54) is 12.1 Å². The van der Waals surface area contributed by atoms with Crippen LogP contribution in [-0.4, -0.2) is 29.2 Å². The molecule has 0 spiro atoms. The van der Waals surface area contributed by atoms with Crippen LogP contribution in [0.5, 0.6) is 0 Å².